The molecule has 0 aliphatic rings. The van der Waals surface area contributed by atoms with Crippen LogP contribution in [0.1, 0.15) is 64.9 Å². The van der Waals surface area contributed by atoms with E-state index in [1.54, 1.807) is 0 Å². The van der Waals surface area contributed by atoms with E-state index < -0.39 is 21.1 Å². The standard InChI is InChI=1S/C21H36O6Si/c1-6-15-24-28(25-16-7-2,26-17-8-3)27-19(9-4)20(21(22)23-5)18-13-11-10-12-14-18/h10-14,19-20H,6-9,15-17H2,1-5H3/t19-,20+/m0/s1. The maximum Gasteiger partial charge on any atom is 0.680 e. The minimum atomic E-state index is -3.40. The van der Waals surface area contributed by atoms with Crippen LogP contribution in [-0.4, -0.2) is 48.1 Å². The van der Waals surface area contributed by atoms with Crippen molar-refractivity contribution in [3.05, 3.63) is 35.9 Å². The monoisotopic (exact) mass is 412 g/mol. The molecule has 0 fully saturated rings. The molecule has 0 spiro atoms. The van der Waals surface area contributed by atoms with E-state index in [9.17, 15) is 4.79 Å². The average molecular weight is 413 g/mol. The fourth-order valence-corrected chi connectivity index (χ4v) is 5.26. The Morgan fingerprint density at radius 1 is 0.893 bits per heavy atom. The van der Waals surface area contributed by atoms with Crippen molar-refractivity contribution < 1.29 is 27.2 Å². The van der Waals surface area contributed by atoms with Gasteiger partial charge in [0.25, 0.3) is 0 Å². The van der Waals surface area contributed by atoms with Crippen molar-refractivity contribution in [3.8, 4) is 0 Å². The third-order valence-corrected chi connectivity index (χ3v) is 6.40. The van der Waals surface area contributed by atoms with Crippen LogP contribution in [-0.2, 0) is 27.2 Å². The van der Waals surface area contributed by atoms with Crippen molar-refractivity contribution in [2.45, 2.75) is 65.4 Å². The molecular weight excluding hydrogens is 376 g/mol. The lowest BCUT2D eigenvalue weighted by atomic mass is 9.92. The molecule has 0 aliphatic carbocycles. The van der Waals surface area contributed by atoms with Crippen molar-refractivity contribution in [2.24, 2.45) is 0 Å². The Kier molecular flexibility index (Phi) is 12.3. The quantitative estimate of drug-likeness (QED) is 0.313. The summed E-state index contributed by atoms with van der Waals surface area (Å²) < 4.78 is 29.6. The molecule has 2 atom stereocenters. The van der Waals surface area contributed by atoms with E-state index in [1.165, 1.54) is 7.11 Å². The zero-order valence-corrected chi connectivity index (χ0v) is 18.9. The van der Waals surface area contributed by atoms with Gasteiger partial charge in [-0.05, 0) is 31.2 Å². The van der Waals surface area contributed by atoms with E-state index in [0.29, 0.717) is 26.2 Å². The van der Waals surface area contributed by atoms with Crippen LogP contribution in [0, 0.1) is 0 Å². The molecular formula is C21H36O6Si. The molecule has 0 aliphatic heterocycles. The number of hydrogen-bond donors (Lipinski definition) is 0. The van der Waals surface area contributed by atoms with Gasteiger partial charge in [0.15, 0.2) is 0 Å². The maximum absolute atomic E-state index is 12.6. The summed E-state index contributed by atoms with van der Waals surface area (Å²) in [7, 11) is -2.01. The highest BCUT2D eigenvalue weighted by Gasteiger charge is 2.49. The predicted octanol–water partition coefficient (Wildman–Crippen LogP) is 4.45. The Labute approximate surface area is 171 Å². The fourth-order valence-electron chi connectivity index (χ4n) is 2.77. The molecule has 0 aromatic heterocycles. The van der Waals surface area contributed by atoms with Gasteiger partial charge in [-0.1, -0.05) is 58.0 Å². The van der Waals surface area contributed by atoms with Crippen molar-refractivity contribution in [3.63, 3.8) is 0 Å². The Morgan fingerprint density at radius 3 is 1.79 bits per heavy atom. The van der Waals surface area contributed by atoms with Gasteiger partial charge in [-0.25, -0.2) is 0 Å². The van der Waals surface area contributed by atoms with Gasteiger partial charge in [-0.2, -0.15) is 0 Å². The van der Waals surface area contributed by atoms with Gasteiger partial charge in [0, 0.05) is 19.8 Å². The van der Waals surface area contributed by atoms with Crippen molar-refractivity contribution in [2.75, 3.05) is 26.9 Å². The van der Waals surface area contributed by atoms with Crippen molar-refractivity contribution >= 4 is 15.0 Å². The van der Waals surface area contributed by atoms with Gasteiger partial charge in [-0.15, -0.1) is 0 Å². The highest BCUT2D eigenvalue weighted by Crippen LogP contribution is 2.29. The summed E-state index contributed by atoms with van der Waals surface area (Å²) in [6, 6.07) is 9.53. The fraction of sp³-hybridized carbons (Fsp3) is 0.667. The first-order valence-corrected chi connectivity index (χ1v) is 11.9. The van der Waals surface area contributed by atoms with Crippen LogP contribution in [0.2, 0.25) is 0 Å². The molecule has 1 aromatic carbocycles. The summed E-state index contributed by atoms with van der Waals surface area (Å²) in [5.74, 6) is -0.925. The summed E-state index contributed by atoms with van der Waals surface area (Å²) in [6.45, 7) is 9.48. The Hall–Kier alpha value is -1.25. The Bertz CT molecular complexity index is 517. The first-order valence-electron chi connectivity index (χ1n) is 10.3. The normalized spacial score (nSPS) is 13.9. The van der Waals surface area contributed by atoms with Crippen LogP contribution < -0.4 is 0 Å². The number of carbonyl (C=O) groups is 1. The minimum absolute atomic E-state index is 0.345. The van der Waals surface area contributed by atoms with Crippen LogP contribution >= 0.6 is 0 Å². The van der Waals surface area contributed by atoms with Crippen LogP contribution in [0.4, 0.5) is 0 Å². The molecule has 0 unspecified atom stereocenters. The summed E-state index contributed by atoms with van der Waals surface area (Å²) >= 11 is 0. The van der Waals surface area contributed by atoms with Gasteiger partial charge in [0.05, 0.1) is 13.2 Å². The summed E-state index contributed by atoms with van der Waals surface area (Å²) in [4.78, 5) is 12.6. The highest BCUT2D eigenvalue weighted by molar-refractivity contribution is 6.53. The Morgan fingerprint density at radius 2 is 1.39 bits per heavy atom. The highest BCUT2D eigenvalue weighted by atomic mass is 28.4. The minimum Gasteiger partial charge on any atom is -0.468 e. The second kappa shape index (κ2) is 13.8. The van der Waals surface area contributed by atoms with E-state index in [4.69, 9.17) is 22.4 Å². The summed E-state index contributed by atoms with van der Waals surface area (Å²) in [6.07, 6.45) is 2.56. The first kappa shape index (κ1) is 24.8. The number of carbonyl (C=O) groups excluding carboxylic acids is 1. The van der Waals surface area contributed by atoms with Crippen LogP contribution in [0.5, 0.6) is 0 Å². The number of methoxy groups -OCH3 is 1. The van der Waals surface area contributed by atoms with E-state index in [-0.39, 0.29) is 5.97 Å². The topological polar surface area (TPSA) is 63.2 Å². The van der Waals surface area contributed by atoms with E-state index in [1.807, 2.05) is 58.0 Å². The smallest absolute Gasteiger partial charge is 0.468 e. The van der Waals surface area contributed by atoms with Gasteiger partial charge in [0.1, 0.15) is 5.92 Å². The summed E-state index contributed by atoms with van der Waals surface area (Å²) in [5.41, 5.74) is 0.838. The molecule has 0 saturated carbocycles. The molecule has 28 heavy (non-hydrogen) atoms. The first-order chi connectivity index (χ1) is 13.6. The number of benzene rings is 1. The molecule has 160 valence electrons. The lowest BCUT2D eigenvalue weighted by Gasteiger charge is -2.34. The lowest BCUT2D eigenvalue weighted by Crippen LogP contribution is -2.53. The molecule has 0 saturated heterocycles. The average Bonchev–Trinajstić information content (AvgIpc) is 2.74. The van der Waals surface area contributed by atoms with Gasteiger partial charge < -0.3 is 22.4 Å². The van der Waals surface area contributed by atoms with Gasteiger partial charge in [0.2, 0.25) is 0 Å². The number of rotatable bonds is 15. The molecule has 1 aromatic rings. The van der Waals surface area contributed by atoms with E-state index in [0.717, 1.165) is 24.8 Å². The van der Waals surface area contributed by atoms with Crippen molar-refractivity contribution in [1.82, 2.24) is 0 Å². The number of esters is 1. The molecule has 0 N–H and O–H groups in total. The second-order valence-corrected chi connectivity index (χ2v) is 8.62. The largest absolute Gasteiger partial charge is 0.680 e. The van der Waals surface area contributed by atoms with E-state index >= 15 is 0 Å². The SMILES string of the molecule is CCCO[Si](OCCC)(OCCC)O[C@@H](CC)[C@H](C(=O)OC)c1ccccc1. The lowest BCUT2D eigenvalue weighted by molar-refractivity contribution is -0.147. The van der Waals surface area contributed by atoms with Crippen LogP contribution in [0.25, 0.3) is 0 Å². The molecule has 0 amide bonds. The van der Waals surface area contributed by atoms with Crippen LogP contribution in [0.3, 0.4) is 0 Å². The number of hydrogen-bond acceptors (Lipinski definition) is 6. The number of ether oxygens (including phenoxy) is 1. The predicted molar refractivity (Wildman–Crippen MR) is 111 cm³/mol. The third-order valence-electron chi connectivity index (χ3n) is 4.13. The van der Waals surface area contributed by atoms with Crippen LogP contribution in [0.15, 0.2) is 30.3 Å². The molecule has 0 radical (unpaired) electrons. The third kappa shape index (κ3) is 7.64. The molecule has 0 bridgehead atoms. The Balaban J connectivity index is 3.20. The molecule has 6 nitrogen and oxygen atoms in total. The molecule has 1 rings (SSSR count). The molecule has 0 heterocycles. The van der Waals surface area contributed by atoms with Gasteiger partial charge >= 0.3 is 15.0 Å². The maximum atomic E-state index is 12.6. The van der Waals surface area contributed by atoms with Crippen molar-refractivity contribution in [1.29, 1.82) is 0 Å². The zero-order valence-electron chi connectivity index (χ0n) is 17.9. The van der Waals surface area contributed by atoms with Gasteiger partial charge in [-0.3, -0.25) is 4.79 Å². The second-order valence-electron chi connectivity index (χ2n) is 6.52. The molecule has 7 heteroatoms. The van der Waals surface area contributed by atoms with E-state index in [2.05, 4.69) is 0 Å². The summed E-state index contributed by atoms with van der Waals surface area (Å²) in [5, 5.41) is 0. The zero-order chi connectivity index (χ0) is 20.8.